The van der Waals surface area contributed by atoms with Gasteiger partial charge < -0.3 is 25.2 Å². The van der Waals surface area contributed by atoms with Gasteiger partial charge in [0.15, 0.2) is 5.76 Å². The molecule has 0 bridgehead atoms. The lowest BCUT2D eigenvalue weighted by Gasteiger charge is -2.21. The summed E-state index contributed by atoms with van der Waals surface area (Å²) in [7, 11) is 0. The zero-order valence-electron chi connectivity index (χ0n) is 14.5. The molecule has 0 fully saturated rings. The summed E-state index contributed by atoms with van der Waals surface area (Å²) in [6.07, 6.45) is 1.08. The van der Waals surface area contributed by atoms with Crippen molar-refractivity contribution in [1.82, 2.24) is 0 Å². The molecule has 1 unspecified atom stereocenters. The molecule has 3 rings (SSSR count). The van der Waals surface area contributed by atoms with E-state index in [1.807, 2.05) is 24.3 Å². The Bertz CT molecular complexity index is 878. The van der Waals surface area contributed by atoms with Gasteiger partial charge in [0.05, 0.1) is 5.56 Å². The number of allylic oxidation sites excluding steroid dienone is 1. The van der Waals surface area contributed by atoms with Crippen molar-refractivity contribution in [3.63, 3.8) is 0 Å². The number of benzene rings is 2. The van der Waals surface area contributed by atoms with Crippen molar-refractivity contribution in [1.29, 1.82) is 0 Å². The lowest BCUT2D eigenvalue weighted by Crippen LogP contribution is -2.18. The molecule has 0 saturated carbocycles. The third kappa shape index (κ3) is 4.36. The number of carbonyl (C=O) groups is 1. The van der Waals surface area contributed by atoms with Gasteiger partial charge in [-0.25, -0.2) is 4.79 Å². The van der Waals surface area contributed by atoms with Crippen LogP contribution in [0.1, 0.15) is 22.3 Å². The summed E-state index contributed by atoms with van der Waals surface area (Å²) < 4.78 is 5.40. The summed E-state index contributed by atoms with van der Waals surface area (Å²) in [6, 6.07) is 14.4. The summed E-state index contributed by atoms with van der Waals surface area (Å²) in [4.78, 5) is 10.9. The van der Waals surface area contributed by atoms with E-state index in [0.29, 0.717) is 12.8 Å². The number of aryl methyl sites for hydroxylation is 1. The number of ether oxygens (including phenoxy) is 1. The Morgan fingerprint density at radius 3 is 2.11 bits per heavy atom. The fourth-order valence-electron chi connectivity index (χ4n) is 2.86. The molecule has 0 spiro atoms. The van der Waals surface area contributed by atoms with Crippen LogP contribution in [0.25, 0.3) is 11.1 Å². The third-order valence-corrected chi connectivity index (χ3v) is 4.38. The van der Waals surface area contributed by atoms with Gasteiger partial charge in [0.2, 0.25) is 0 Å². The van der Waals surface area contributed by atoms with Gasteiger partial charge in [-0.3, -0.25) is 0 Å². The van der Waals surface area contributed by atoms with Crippen LogP contribution in [0.2, 0.25) is 0 Å². The van der Waals surface area contributed by atoms with Gasteiger partial charge in [-0.1, -0.05) is 36.4 Å². The molecular formula is C21H20O6. The zero-order valence-corrected chi connectivity index (χ0v) is 14.5. The average Bonchev–Trinajstić information content (AvgIpc) is 2.69. The fourth-order valence-corrected chi connectivity index (χ4v) is 2.86. The van der Waals surface area contributed by atoms with Crippen LogP contribution in [0.5, 0.6) is 0 Å². The number of aliphatic hydroxyl groups is 3. The third-order valence-electron chi connectivity index (χ3n) is 4.38. The molecule has 1 aliphatic heterocycles. The highest BCUT2D eigenvalue weighted by Gasteiger charge is 2.22. The van der Waals surface area contributed by atoms with E-state index in [0.717, 1.165) is 16.7 Å². The van der Waals surface area contributed by atoms with E-state index in [-0.39, 0.29) is 29.4 Å². The van der Waals surface area contributed by atoms with Crippen LogP contribution in [-0.2, 0) is 11.2 Å². The standard InChI is InChI=1S/C21H20O6/c22-12-17-11-18(23)20(24)19(27-17)10-3-13-1-4-14(5-2-13)15-6-8-16(9-7-15)21(25)26/h1-2,4-9,11,18,22-24H,3,10,12H2,(H,25,26). The highest BCUT2D eigenvalue weighted by atomic mass is 16.5. The van der Waals surface area contributed by atoms with Crippen molar-refractivity contribution in [3.8, 4) is 11.1 Å². The minimum Gasteiger partial charge on any atom is -0.506 e. The van der Waals surface area contributed by atoms with E-state index in [1.165, 1.54) is 6.08 Å². The van der Waals surface area contributed by atoms with Gasteiger partial charge >= 0.3 is 5.97 Å². The number of hydrogen-bond acceptors (Lipinski definition) is 5. The molecule has 2 aromatic carbocycles. The Kier molecular flexibility index (Phi) is 5.59. The first kappa shape index (κ1) is 18.7. The fraction of sp³-hybridized carbons (Fsp3) is 0.190. The molecular weight excluding hydrogens is 348 g/mol. The maximum absolute atomic E-state index is 10.9. The highest BCUT2D eigenvalue weighted by Crippen LogP contribution is 2.25. The second-order valence-electron chi connectivity index (χ2n) is 6.23. The lowest BCUT2D eigenvalue weighted by molar-refractivity contribution is 0.0697. The van der Waals surface area contributed by atoms with Crippen LogP contribution in [0.4, 0.5) is 0 Å². The SMILES string of the molecule is O=C(O)c1ccc(-c2ccc(CCC3=C(O)C(O)C=C(CO)O3)cc2)cc1. The number of aliphatic hydroxyl groups excluding tert-OH is 3. The Morgan fingerprint density at radius 1 is 0.963 bits per heavy atom. The Balaban J connectivity index is 1.66. The summed E-state index contributed by atoms with van der Waals surface area (Å²) in [5, 5.41) is 37.8. The van der Waals surface area contributed by atoms with Gasteiger partial charge in [-0.15, -0.1) is 0 Å². The first-order chi connectivity index (χ1) is 13.0. The quantitative estimate of drug-likeness (QED) is 0.624. The van der Waals surface area contributed by atoms with Gasteiger partial charge in [-0.05, 0) is 41.3 Å². The lowest BCUT2D eigenvalue weighted by atomic mass is 10.0. The van der Waals surface area contributed by atoms with Crippen LogP contribution in [0.15, 0.2) is 71.9 Å². The minimum atomic E-state index is -1.16. The van der Waals surface area contributed by atoms with Gasteiger partial charge in [0, 0.05) is 6.42 Å². The van der Waals surface area contributed by atoms with E-state index in [1.54, 1.807) is 24.3 Å². The second kappa shape index (κ2) is 8.07. The van der Waals surface area contributed by atoms with Gasteiger partial charge in [0.1, 0.15) is 24.2 Å². The molecule has 6 heteroatoms. The largest absolute Gasteiger partial charge is 0.506 e. The molecule has 6 nitrogen and oxygen atoms in total. The predicted octanol–water partition coefficient (Wildman–Crippen LogP) is 3.02. The number of hydrogen-bond donors (Lipinski definition) is 4. The van der Waals surface area contributed by atoms with Crippen molar-refractivity contribution in [2.24, 2.45) is 0 Å². The van der Waals surface area contributed by atoms with Crippen molar-refractivity contribution < 1.29 is 30.0 Å². The van der Waals surface area contributed by atoms with E-state index < -0.39 is 12.1 Å². The van der Waals surface area contributed by atoms with Crippen molar-refractivity contribution in [2.45, 2.75) is 18.9 Å². The molecule has 1 atom stereocenters. The Morgan fingerprint density at radius 2 is 1.56 bits per heavy atom. The summed E-state index contributed by atoms with van der Waals surface area (Å²) in [6.45, 7) is -0.344. The molecule has 27 heavy (non-hydrogen) atoms. The number of carboxylic acids is 1. The van der Waals surface area contributed by atoms with Crippen LogP contribution in [-0.4, -0.2) is 39.1 Å². The van der Waals surface area contributed by atoms with Crippen molar-refractivity contribution >= 4 is 5.97 Å². The van der Waals surface area contributed by atoms with E-state index >= 15 is 0 Å². The first-order valence-electron chi connectivity index (χ1n) is 8.50. The van der Waals surface area contributed by atoms with E-state index in [2.05, 4.69) is 0 Å². The monoisotopic (exact) mass is 368 g/mol. The zero-order chi connectivity index (χ0) is 19.4. The van der Waals surface area contributed by atoms with Gasteiger partial charge in [0.25, 0.3) is 0 Å². The molecule has 2 aromatic rings. The Hall–Kier alpha value is -3.09. The molecule has 0 aliphatic carbocycles. The smallest absolute Gasteiger partial charge is 0.335 e. The molecule has 0 amide bonds. The average molecular weight is 368 g/mol. The van der Waals surface area contributed by atoms with Crippen LogP contribution in [0.3, 0.4) is 0 Å². The van der Waals surface area contributed by atoms with Gasteiger partial charge in [-0.2, -0.15) is 0 Å². The second-order valence-corrected chi connectivity index (χ2v) is 6.23. The van der Waals surface area contributed by atoms with E-state index in [9.17, 15) is 15.0 Å². The molecule has 1 heterocycles. The molecule has 0 saturated heterocycles. The maximum atomic E-state index is 10.9. The topological polar surface area (TPSA) is 107 Å². The predicted molar refractivity (Wildman–Crippen MR) is 99.1 cm³/mol. The molecule has 0 radical (unpaired) electrons. The maximum Gasteiger partial charge on any atom is 0.335 e. The molecule has 0 aromatic heterocycles. The van der Waals surface area contributed by atoms with Crippen molar-refractivity contribution in [2.75, 3.05) is 6.61 Å². The molecule has 140 valence electrons. The molecule has 1 aliphatic rings. The normalized spacial score (nSPS) is 16.7. The van der Waals surface area contributed by atoms with Crippen LogP contribution in [0, 0.1) is 0 Å². The van der Waals surface area contributed by atoms with E-state index in [4.69, 9.17) is 14.9 Å². The summed E-state index contributed by atoms with van der Waals surface area (Å²) in [5.41, 5.74) is 3.14. The minimum absolute atomic E-state index is 0.218. The first-order valence-corrected chi connectivity index (χ1v) is 8.50. The summed E-state index contributed by atoms with van der Waals surface area (Å²) in [5.74, 6) is -0.719. The van der Waals surface area contributed by atoms with Crippen LogP contribution >= 0.6 is 0 Å². The highest BCUT2D eigenvalue weighted by molar-refractivity contribution is 5.88. The van der Waals surface area contributed by atoms with Crippen LogP contribution < -0.4 is 0 Å². The van der Waals surface area contributed by atoms with Crippen molar-refractivity contribution in [3.05, 3.63) is 83.0 Å². The summed E-state index contributed by atoms with van der Waals surface area (Å²) >= 11 is 0. The number of aromatic carboxylic acids is 1. The number of carboxylic acid groups (broad SMARTS) is 1. The number of rotatable bonds is 6. The molecule has 4 N–H and O–H groups in total. The Labute approximate surface area is 156 Å².